The SMILES string of the molecule is CCCOCCOC(=O)c1cc(C)c(Br)c(S(=O)(=O)Cl)c1. The molecular weight excluding hydrogens is 384 g/mol. The van der Waals surface area contributed by atoms with E-state index in [0.717, 1.165) is 6.42 Å². The lowest BCUT2D eigenvalue weighted by Crippen LogP contribution is -2.12. The zero-order valence-electron chi connectivity index (χ0n) is 11.7. The Morgan fingerprint density at radius 2 is 1.95 bits per heavy atom. The van der Waals surface area contributed by atoms with Gasteiger partial charge in [0.25, 0.3) is 9.05 Å². The molecule has 0 bridgehead atoms. The third-order valence-corrected chi connectivity index (χ3v) is 5.19. The average Bonchev–Trinajstić information content (AvgIpc) is 2.39. The number of carbonyl (C=O) groups is 1. The Bertz CT molecular complexity index is 615. The van der Waals surface area contributed by atoms with E-state index >= 15 is 0 Å². The van der Waals surface area contributed by atoms with Crippen molar-refractivity contribution in [2.24, 2.45) is 0 Å². The zero-order valence-corrected chi connectivity index (χ0v) is 14.8. The van der Waals surface area contributed by atoms with E-state index in [1.165, 1.54) is 12.1 Å². The van der Waals surface area contributed by atoms with Gasteiger partial charge in [-0.1, -0.05) is 6.92 Å². The first kappa shape index (κ1) is 18.4. The van der Waals surface area contributed by atoms with Crippen LogP contribution in [0, 0.1) is 6.92 Å². The van der Waals surface area contributed by atoms with Crippen LogP contribution in [0.4, 0.5) is 0 Å². The van der Waals surface area contributed by atoms with Gasteiger partial charge in [-0.05, 0) is 47.0 Å². The molecular formula is C13H16BrClO5S. The van der Waals surface area contributed by atoms with Gasteiger partial charge in [-0.2, -0.15) is 0 Å². The number of benzene rings is 1. The van der Waals surface area contributed by atoms with Gasteiger partial charge in [0.1, 0.15) is 6.61 Å². The van der Waals surface area contributed by atoms with Gasteiger partial charge in [0, 0.05) is 21.8 Å². The molecule has 8 heteroatoms. The van der Waals surface area contributed by atoms with Crippen LogP contribution < -0.4 is 0 Å². The Morgan fingerprint density at radius 3 is 2.52 bits per heavy atom. The number of halogens is 2. The van der Waals surface area contributed by atoms with Crippen LogP contribution in [0.15, 0.2) is 21.5 Å². The molecule has 0 aliphatic rings. The van der Waals surface area contributed by atoms with E-state index in [1.54, 1.807) is 6.92 Å². The van der Waals surface area contributed by atoms with Crippen molar-refractivity contribution in [2.45, 2.75) is 25.2 Å². The van der Waals surface area contributed by atoms with Crippen molar-refractivity contribution in [3.05, 3.63) is 27.7 Å². The Balaban J connectivity index is 2.84. The van der Waals surface area contributed by atoms with Crippen molar-refractivity contribution in [3.8, 4) is 0 Å². The summed E-state index contributed by atoms with van der Waals surface area (Å²) in [6.45, 7) is 4.65. The van der Waals surface area contributed by atoms with E-state index in [4.69, 9.17) is 20.2 Å². The normalized spacial score (nSPS) is 11.4. The topological polar surface area (TPSA) is 69.7 Å². The Morgan fingerprint density at radius 1 is 1.29 bits per heavy atom. The minimum Gasteiger partial charge on any atom is -0.460 e. The number of hydrogen-bond donors (Lipinski definition) is 0. The standard InChI is InChI=1S/C13H16BrClO5S/c1-3-4-19-5-6-20-13(16)10-7-9(2)12(14)11(8-10)21(15,17)18/h7-8H,3-6H2,1-2H3. The number of rotatable bonds is 7. The van der Waals surface area contributed by atoms with Crippen molar-refractivity contribution in [3.63, 3.8) is 0 Å². The molecule has 0 aromatic heterocycles. The maximum atomic E-state index is 11.9. The first-order valence-electron chi connectivity index (χ1n) is 6.27. The largest absolute Gasteiger partial charge is 0.460 e. The van der Waals surface area contributed by atoms with E-state index < -0.39 is 15.0 Å². The summed E-state index contributed by atoms with van der Waals surface area (Å²) in [5.41, 5.74) is 0.705. The molecule has 0 heterocycles. The average molecular weight is 400 g/mol. The summed E-state index contributed by atoms with van der Waals surface area (Å²) < 4.78 is 33.5. The molecule has 118 valence electrons. The number of esters is 1. The molecule has 0 aliphatic carbocycles. The van der Waals surface area contributed by atoms with Crippen LogP contribution in [0.3, 0.4) is 0 Å². The fourth-order valence-corrected chi connectivity index (χ4v) is 3.71. The third-order valence-electron chi connectivity index (χ3n) is 2.53. The van der Waals surface area contributed by atoms with Crippen LogP contribution in [0.25, 0.3) is 0 Å². The minimum absolute atomic E-state index is 0.108. The summed E-state index contributed by atoms with van der Waals surface area (Å²) >= 11 is 3.14. The van der Waals surface area contributed by atoms with Crippen LogP contribution in [0.2, 0.25) is 0 Å². The molecule has 0 saturated carbocycles. The van der Waals surface area contributed by atoms with Gasteiger partial charge in [0.2, 0.25) is 0 Å². The molecule has 0 amide bonds. The molecule has 0 unspecified atom stereocenters. The summed E-state index contributed by atoms with van der Waals surface area (Å²) in [6, 6.07) is 2.72. The summed E-state index contributed by atoms with van der Waals surface area (Å²) in [7, 11) is 1.39. The molecule has 0 atom stereocenters. The first-order chi connectivity index (χ1) is 9.77. The molecule has 0 spiro atoms. The molecule has 0 aliphatic heterocycles. The van der Waals surface area contributed by atoms with Gasteiger partial charge in [-0.25, -0.2) is 13.2 Å². The number of hydrogen-bond acceptors (Lipinski definition) is 5. The maximum absolute atomic E-state index is 11.9. The van der Waals surface area contributed by atoms with E-state index in [0.29, 0.717) is 23.2 Å². The molecule has 0 N–H and O–H groups in total. The van der Waals surface area contributed by atoms with Gasteiger partial charge in [0.15, 0.2) is 0 Å². The lowest BCUT2D eigenvalue weighted by atomic mass is 10.1. The number of ether oxygens (including phenoxy) is 2. The van der Waals surface area contributed by atoms with Crippen LogP contribution in [-0.2, 0) is 18.5 Å². The molecule has 0 fully saturated rings. The second-order valence-electron chi connectivity index (χ2n) is 4.29. The number of carbonyl (C=O) groups excluding carboxylic acids is 1. The third kappa shape index (κ3) is 5.58. The fraction of sp³-hybridized carbons (Fsp3) is 0.462. The number of aryl methyl sites for hydroxylation is 1. The van der Waals surface area contributed by atoms with Crippen molar-refractivity contribution in [1.82, 2.24) is 0 Å². The zero-order chi connectivity index (χ0) is 16.0. The molecule has 5 nitrogen and oxygen atoms in total. The van der Waals surface area contributed by atoms with Gasteiger partial charge < -0.3 is 9.47 Å². The highest BCUT2D eigenvalue weighted by Crippen LogP contribution is 2.29. The summed E-state index contributed by atoms with van der Waals surface area (Å²) in [5, 5.41) is 0. The molecule has 21 heavy (non-hydrogen) atoms. The smallest absolute Gasteiger partial charge is 0.338 e. The lowest BCUT2D eigenvalue weighted by molar-refractivity contribution is 0.0318. The van der Waals surface area contributed by atoms with Crippen LogP contribution in [-0.4, -0.2) is 34.2 Å². The Kier molecular flexibility index (Phi) is 7.12. The molecule has 1 aromatic carbocycles. The first-order valence-corrected chi connectivity index (χ1v) is 9.37. The van der Waals surface area contributed by atoms with E-state index in [2.05, 4.69) is 15.9 Å². The van der Waals surface area contributed by atoms with Crippen LogP contribution in [0.1, 0.15) is 29.3 Å². The van der Waals surface area contributed by atoms with Gasteiger partial charge in [-0.15, -0.1) is 0 Å². The predicted molar refractivity (Wildman–Crippen MR) is 83.3 cm³/mol. The van der Waals surface area contributed by atoms with Crippen molar-refractivity contribution in [1.29, 1.82) is 0 Å². The quantitative estimate of drug-likeness (QED) is 0.400. The van der Waals surface area contributed by atoms with Crippen LogP contribution in [0.5, 0.6) is 0 Å². The van der Waals surface area contributed by atoms with Crippen molar-refractivity contribution < 1.29 is 22.7 Å². The molecule has 0 saturated heterocycles. The summed E-state index contributed by atoms with van der Waals surface area (Å²) in [5.74, 6) is -0.618. The summed E-state index contributed by atoms with van der Waals surface area (Å²) in [6.07, 6.45) is 0.886. The van der Waals surface area contributed by atoms with E-state index in [1.807, 2.05) is 6.92 Å². The van der Waals surface area contributed by atoms with E-state index in [9.17, 15) is 13.2 Å². The molecule has 1 rings (SSSR count). The second-order valence-corrected chi connectivity index (χ2v) is 7.62. The molecule has 1 aromatic rings. The fourth-order valence-electron chi connectivity index (χ4n) is 1.56. The van der Waals surface area contributed by atoms with E-state index in [-0.39, 0.29) is 17.1 Å². The van der Waals surface area contributed by atoms with Gasteiger partial charge >= 0.3 is 5.97 Å². The van der Waals surface area contributed by atoms with Gasteiger partial charge in [-0.3, -0.25) is 0 Å². The van der Waals surface area contributed by atoms with Gasteiger partial charge in [0.05, 0.1) is 17.1 Å². The molecule has 0 radical (unpaired) electrons. The minimum atomic E-state index is -3.95. The predicted octanol–water partition coefficient (Wildman–Crippen LogP) is 3.27. The van der Waals surface area contributed by atoms with Crippen molar-refractivity contribution >= 4 is 41.6 Å². The highest BCUT2D eigenvalue weighted by atomic mass is 79.9. The Hall–Kier alpha value is -0.630. The maximum Gasteiger partial charge on any atom is 0.338 e. The van der Waals surface area contributed by atoms with Crippen LogP contribution >= 0.6 is 26.6 Å². The Labute approximate surface area is 137 Å². The monoisotopic (exact) mass is 398 g/mol. The lowest BCUT2D eigenvalue weighted by Gasteiger charge is -2.09. The summed E-state index contributed by atoms with van der Waals surface area (Å²) in [4.78, 5) is 11.7. The van der Waals surface area contributed by atoms with Crippen molar-refractivity contribution in [2.75, 3.05) is 19.8 Å². The highest BCUT2D eigenvalue weighted by Gasteiger charge is 2.20. The second kappa shape index (κ2) is 8.12. The highest BCUT2D eigenvalue weighted by molar-refractivity contribution is 9.10.